The Bertz CT molecular complexity index is 1110. The third kappa shape index (κ3) is 4.88. The Hall–Kier alpha value is -4.01. The Morgan fingerprint density at radius 3 is 1.97 bits per heavy atom. The minimum absolute atomic E-state index is 0.0201. The van der Waals surface area contributed by atoms with Gasteiger partial charge < -0.3 is 20.9 Å². The first kappa shape index (κ1) is 20.7. The van der Waals surface area contributed by atoms with Crippen molar-refractivity contribution in [2.75, 3.05) is 11.5 Å². The number of alkyl halides is 3. The number of hydrogen-bond donors (Lipinski definition) is 2. The number of rotatable bonds is 4. The van der Waals surface area contributed by atoms with Crippen molar-refractivity contribution < 1.29 is 32.2 Å². The van der Waals surface area contributed by atoms with E-state index in [0.717, 1.165) is 12.1 Å². The number of nitrogen functional groups attached to an aromatic ring is 2. The van der Waals surface area contributed by atoms with Crippen molar-refractivity contribution >= 4 is 23.3 Å². The first-order valence-electron chi connectivity index (χ1n) is 8.50. The van der Waals surface area contributed by atoms with E-state index in [4.69, 9.17) is 20.9 Å². The number of anilines is 2. The van der Waals surface area contributed by atoms with Crippen molar-refractivity contribution in [2.24, 2.45) is 0 Å². The molecule has 0 aliphatic rings. The second-order valence-electron chi connectivity index (χ2n) is 6.19. The lowest BCUT2D eigenvalue weighted by molar-refractivity contribution is -0.138. The topological polar surface area (TPSA) is 105 Å². The maximum absolute atomic E-state index is 13.5. The summed E-state index contributed by atoms with van der Waals surface area (Å²) in [6.07, 6.45) is -4.89. The number of esters is 2. The molecule has 0 aromatic heterocycles. The van der Waals surface area contributed by atoms with Crippen LogP contribution >= 0.6 is 0 Å². The van der Waals surface area contributed by atoms with Crippen LogP contribution in [0, 0.1) is 0 Å². The van der Waals surface area contributed by atoms with E-state index >= 15 is 0 Å². The van der Waals surface area contributed by atoms with Gasteiger partial charge in [-0.3, -0.25) is 0 Å². The van der Waals surface area contributed by atoms with Gasteiger partial charge in [-0.15, -0.1) is 0 Å². The Labute approximate surface area is 168 Å². The van der Waals surface area contributed by atoms with Crippen LogP contribution in [0.2, 0.25) is 0 Å². The zero-order chi connectivity index (χ0) is 21.9. The Balaban J connectivity index is 1.88. The fourth-order valence-corrected chi connectivity index (χ4v) is 2.54. The standard InChI is InChI=1S/C21H15F3N2O4/c22-21(23,24)17-10-13(19(27)29-16-6-2-5-15(26)11-16)7-8-18(17)30-20(28)12-3-1-4-14(25)9-12/h1-11H,25-26H2. The van der Waals surface area contributed by atoms with Gasteiger partial charge in [0.25, 0.3) is 0 Å². The molecule has 0 heterocycles. The molecule has 0 saturated heterocycles. The van der Waals surface area contributed by atoms with Crippen LogP contribution in [0.3, 0.4) is 0 Å². The summed E-state index contributed by atoms with van der Waals surface area (Å²) in [6.45, 7) is 0. The lowest BCUT2D eigenvalue weighted by Crippen LogP contribution is -2.16. The minimum atomic E-state index is -4.89. The number of ether oxygens (including phenoxy) is 2. The molecule has 0 atom stereocenters. The smallest absolute Gasteiger partial charge is 0.420 e. The molecule has 0 spiro atoms. The zero-order valence-electron chi connectivity index (χ0n) is 15.3. The average molecular weight is 416 g/mol. The normalized spacial score (nSPS) is 11.0. The van der Waals surface area contributed by atoms with Crippen molar-refractivity contribution in [3.8, 4) is 11.5 Å². The molecule has 0 saturated carbocycles. The van der Waals surface area contributed by atoms with Gasteiger partial charge >= 0.3 is 18.1 Å². The summed E-state index contributed by atoms with van der Waals surface area (Å²) in [5, 5.41) is 0. The monoisotopic (exact) mass is 416 g/mol. The van der Waals surface area contributed by atoms with Crippen LogP contribution in [0.5, 0.6) is 11.5 Å². The van der Waals surface area contributed by atoms with E-state index in [1.807, 2.05) is 0 Å². The van der Waals surface area contributed by atoms with Gasteiger partial charge in [-0.05, 0) is 48.5 Å². The summed E-state index contributed by atoms with van der Waals surface area (Å²) in [5.74, 6) is -2.73. The molecule has 0 radical (unpaired) electrons. The van der Waals surface area contributed by atoms with E-state index < -0.39 is 29.4 Å². The predicted octanol–water partition coefficient (Wildman–Crippen LogP) is 4.31. The molecule has 0 bridgehead atoms. The van der Waals surface area contributed by atoms with Crippen molar-refractivity contribution in [1.29, 1.82) is 0 Å². The summed E-state index contributed by atoms with van der Waals surface area (Å²) in [4.78, 5) is 24.4. The van der Waals surface area contributed by atoms with Crippen LogP contribution < -0.4 is 20.9 Å². The quantitative estimate of drug-likeness (QED) is 0.373. The van der Waals surface area contributed by atoms with Crippen molar-refractivity contribution in [1.82, 2.24) is 0 Å². The summed E-state index contributed by atoms with van der Waals surface area (Å²) < 4.78 is 50.5. The van der Waals surface area contributed by atoms with Gasteiger partial charge in [-0.1, -0.05) is 12.1 Å². The van der Waals surface area contributed by atoms with Crippen LogP contribution in [0.25, 0.3) is 0 Å². The summed E-state index contributed by atoms with van der Waals surface area (Å²) in [5.41, 5.74) is 10.0. The highest BCUT2D eigenvalue weighted by atomic mass is 19.4. The van der Waals surface area contributed by atoms with Gasteiger partial charge in [0.2, 0.25) is 0 Å². The molecule has 3 rings (SSSR count). The molecule has 0 amide bonds. The third-order valence-electron chi connectivity index (χ3n) is 3.91. The van der Waals surface area contributed by atoms with E-state index in [1.54, 1.807) is 6.07 Å². The van der Waals surface area contributed by atoms with E-state index in [0.29, 0.717) is 11.8 Å². The van der Waals surface area contributed by atoms with Gasteiger partial charge in [0.1, 0.15) is 11.5 Å². The largest absolute Gasteiger partial charge is 0.423 e. The molecule has 0 aliphatic heterocycles. The molecule has 30 heavy (non-hydrogen) atoms. The lowest BCUT2D eigenvalue weighted by atomic mass is 10.1. The molecule has 0 aliphatic carbocycles. The van der Waals surface area contributed by atoms with Gasteiger partial charge in [-0.2, -0.15) is 13.2 Å². The van der Waals surface area contributed by atoms with Gasteiger partial charge in [0.05, 0.1) is 16.7 Å². The number of carbonyl (C=O) groups is 2. The molecular weight excluding hydrogens is 401 g/mol. The Kier molecular flexibility index (Phi) is 5.63. The maximum Gasteiger partial charge on any atom is 0.420 e. The van der Waals surface area contributed by atoms with Gasteiger partial charge in [0, 0.05) is 17.4 Å². The number of halogens is 3. The Morgan fingerprint density at radius 2 is 1.33 bits per heavy atom. The van der Waals surface area contributed by atoms with Gasteiger partial charge in [-0.25, -0.2) is 9.59 Å². The second kappa shape index (κ2) is 8.16. The van der Waals surface area contributed by atoms with Crippen LogP contribution in [-0.4, -0.2) is 11.9 Å². The molecule has 9 heteroatoms. The van der Waals surface area contributed by atoms with E-state index in [-0.39, 0.29) is 22.6 Å². The molecule has 6 nitrogen and oxygen atoms in total. The number of nitrogens with two attached hydrogens (primary N) is 2. The second-order valence-corrected chi connectivity index (χ2v) is 6.19. The number of carbonyl (C=O) groups excluding carboxylic acids is 2. The van der Waals surface area contributed by atoms with Gasteiger partial charge in [0.15, 0.2) is 0 Å². The molecule has 3 aromatic rings. The lowest BCUT2D eigenvalue weighted by Gasteiger charge is -2.14. The Morgan fingerprint density at radius 1 is 0.733 bits per heavy atom. The molecule has 3 aromatic carbocycles. The average Bonchev–Trinajstić information content (AvgIpc) is 2.67. The van der Waals surface area contributed by atoms with Crippen LogP contribution in [-0.2, 0) is 6.18 Å². The predicted molar refractivity (Wildman–Crippen MR) is 103 cm³/mol. The van der Waals surface area contributed by atoms with Crippen molar-refractivity contribution in [3.05, 3.63) is 83.4 Å². The minimum Gasteiger partial charge on any atom is -0.423 e. The number of hydrogen-bond acceptors (Lipinski definition) is 6. The highest BCUT2D eigenvalue weighted by molar-refractivity contribution is 5.93. The van der Waals surface area contributed by atoms with Crippen molar-refractivity contribution in [3.63, 3.8) is 0 Å². The van der Waals surface area contributed by atoms with E-state index in [1.165, 1.54) is 42.5 Å². The highest BCUT2D eigenvalue weighted by Crippen LogP contribution is 2.37. The first-order chi connectivity index (χ1) is 14.1. The zero-order valence-corrected chi connectivity index (χ0v) is 15.3. The van der Waals surface area contributed by atoms with Crippen LogP contribution in [0.1, 0.15) is 26.3 Å². The first-order valence-corrected chi connectivity index (χ1v) is 8.50. The third-order valence-corrected chi connectivity index (χ3v) is 3.91. The molecule has 0 fully saturated rings. The van der Waals surface area contributed by atoms with Crippen LogP contribution in [0.15, 0.2) is 66.7 Å². The maximum atomic E-state index is 13.5. The molecule has 4 N–H and O–H groups in total. The molecule has 154 valence electrons. The summed E-state index contributed by atoms with van der Waals surface area (Å²) >= 11 is 0. The number of benzene rings is 3. The fourth-order valence-electron chi connectivity index (χ4n) is 2.54. The summed E-state index contributed by atoms with van der Waals surface area (Å²) in [6, 6.07) is 14.0. The highest BCUT2D eigenvalue weighted by Gasteiger charge is 2.36. The fraction of sp³-hybridized carbons (Fsp3) is 0.0476. The van der Waals surface area contributed by atoms with E-state index in [2.05, 4.69) is 0 Å². The molecule has 0 unspecified atom stereocenters. The SMILES string of the molecule is Nc1cccc(OC(=O)c2ccc(OC(=O)c3cccc(N)c3)c(C(F)(F)F)c2)c1. The van der Waals surface area contributed by atoms with Crippen LogP contribution in [0.4, 0.5) is 24.5 Å². The van der Waals surface area contributed by atoms with Crippen molar-refractivity contribution in [2.45, 2.75) is 6.18 Å². The van der Waals surface area contributed by atoms with E-state index in [9.17, 15) is 22.8 Å². The molecular formula is C21H15F3N2O4. The summed E-state index contributed by atoms with van der Waals surface area (Å²) in [7, 11) is 0.